The van der Waals surface area contributed by atoms with E-state index in [1.54, 1.807) is 18.2 Å². The Morgan fingerprint density at radius 3 is 2.59 bits per heavy atom. The number of benzene rings is 2. The molecule has 0 saturated carbocycles. The quantitative estimate of drug-likeness (QED) is 0.522. The summed E-state index contributed by atoms with van der Waals surface area (Å²) in [7, 11) is 0. The highest BCUT2D eigenvalue weighted by molar-refractivity contribution is 8.26. The van der Waals surface area contributed by atoms with Crippen molar-refractivity contribution >= 4 is 46.2 Å². The van der Waals surface area contributed by atoms with Crippen LogP contribution in [0.25, 0.3) is 6.08 Å². The molecule has 5 nitrogen and oxygen atoms in total. The number of thioether (sulfide) groups is 1. The summed E-state index contributed by atoms with van der Waals surface area (Å²) in [6.07, 6.45) is 1.90. The Kier molecular flexibility index (Phi) is 7.13. The van der Waals surface area contributed by atoms with Gasteiger partial charge < -0.3 is 10.4 Å². The minimum Gasteiger partial charge on any atom is -0.394 e. The molecule has 3 rings (SSSR count). The fourth-order valence-electron chi connectivity index (χ4n) is 2.85. The number of carbonyl (C=O) groups is 2. The summed E-state index contributed by atoms with van der Waals surface area (Å²) < 4.78 is 14.1. The molecular formula is C21H19FN2O3S2. The van der Waals surface area contributed by atoms with E-state index in [4.69, 9.17) is 12.2 Å². The van der Waals surface area contributed by atoms with E-state index in [1.165, 1.54) is 17.0 Å². The molecule has 0 bridgehead atoms. The molecule has 2 aromatic carbocycles. The van der Waals surface area contributed by atoms with Gasteiger partial charge in [-0.15, -0.1) is 0 Å². The molecule has 2 aromatic rings. The molecule has 0 aromatic heterocycles. The molecule has 0 radical (unpaired) electrons. The van der Waals surface area contributed by atoms with Crippen LogP contribution in [-0.4, -0.2) is 45.3 Å². The molecular weight excluding hydrogens is 411 g/mol. The molecule has 2 N–H and O–H groups in total. The molecule has 1 saturated heterocycles. The van der Waals surface area contributed by atoms with Gasteiger partial charge in [0.1, 0.15) is 16.7 Å². The first-order valence-electron chi connectivity index (χ1n) is 8.92. The Morgan fingerprint density at radius 2 is 1.90 bits per heavy atom. The van der Waals surface area contributed by atoms with Crippen LogP contribution in [0.1, 0.15) is 11.1 Å². The van der Waals surface area contributed by atoms with E-state index < -0.39 is 23.7 Å². The second kappa shape index (κ2) is 9.78. The number of hydrogen-bond acceptors (Lipinski definition) is 5. The maximum Gasteiger partial charge on any atom is 0.266 e. The summed E-state index contributed by atoms with van der Waals surface area (Å²) in [4.78, 5) is 26.5. The SMILES string of the molecule is O=C(CN1C(=O)/C(=C\c2ccccc2F)SC1=S)N[C@@H](CO)Cc1ccccc1. The fourth-order valence-corrected chi connectivity index (χ4v) is 4.09. The number of carbonyl (C=O) groups excluding carboxylic acids is 2. The number of nitrogens with zero attached hydrogens (tertiary/aromatic N) is 1. The van der Waals surface area contributed by atoms with E-state index in [1.807, 2.05) is 30.3 Å². The monoisotopic (exact) mass is 430 g/mol. The van der Waals surface area contributed by atoms with Crippen molar-refractivity contribution < 1.29 is 19.1 Å². The molecule has 150 valence electrons. The summed E-state index contributed by atoms with van der Waals surface area (Å²) in [6.45, 7) is -0.489. The first-order chi connectivity index (χ1) is 14.0. The van der Waals surface area contributed by atoms with Crippen molar-refractivity contribution in [3.63, 3.8) is 0 Å². The highest BCUT2D eigenvalue weighted by Gasteiger charge is 2.33. The van der Waals surface area contributed by atoms with Crippen molar-refractivity contribution in [3.05, 3.63) is 76.4 Å². The molecule has 1 aliphatic rings. The van der Waals surface area contributed by atoms with Crippen molar-refractivity contribution in [3.8, 4) is 0 Å². The highest BCUT2D eigenvalue weighted by atomic mass is 32.2. The van der Waals surface area contributed by atoms with E-state index in [-0.39, 0.29) is 27.9 Å². The lowest BCUT2D eigenvalue weighted by atomic mass is 10.1. The van der Waals surface area contributed by atoms with Gasteiger partial charge in [0.2, 0.25) is 5.91 Å². The Balaban J connectivity index is 1.63. The van der Waals surface area contributed by atoms with Crippen LogP contribution in [0.3, 0.4) is 0 Å². The van der Waals surface area contributed by atoms with Gasteiger partial charge >= 0.3 is 0 Å². The van der Waals surface area contributed by atoms with Gasteiger partial charge in [-0.25, -0.2) is 4.39 Å². The molecule has 1 atom stereocenters. The molecule has 0 spiro atoms. The molecule has 1 aliphatic heterocycles. The number of nitrogens with one attached hydrogen (secondary N) is 1. The smallest absolute Gasteiger partial charge is 0.266 e. The first-order valence-corrected chi connectivity index (χ1v) is 10.1. The highest BCUT2D eigenvalue weighted by Crippen LogP contribution is 2.32. The van der Waals surface area contributed by atoms with Crippen LogP contribution in [0.2, 0.25) is 0 Å². The predicted octanol–water partition coefficient (Wildman–Crippen LogP) is 2.75. The van der Waals surface area contributed by atoms with E-state index in [9.17, 15) is 19.1 Å². The van der Waals surface area contributed by atoms with E-state index in [0.29, 0.717) is 6.42 Å². The maximum atomic E-state index is 13.8. The zero-order valence-corrected chi connectivity index (χ0v) is 17.0. The van der Waals surface area contributed by atoms with Crippen LogP contribution >= 0.6 is 24.0 Å². The lowest BCUT2D eigenvalue weighted by Crippen LogP contribution is -2.45. The molecule has 29 heavy (non-hydrogen) atoms. The van der Waals surface area contributed by atoms with Gasteiger partial charge in [0.15, 0.2) is 0 Å². The number of aliphatic hydroxyl groups is 1. The van der Waals surface area contributed by atoms with Crippen LogP contribution < -0.4 is 5.32 Å². The third-order valence-electron chi connectivity index (χ3n) is 4.28. The number of amides is 2. The average Bonchev–Trinajstić information content (AvgIpc) is 2.97. The number of thiocarbonyl (C=S) groups is 1. The second-order valence-electron chi connectivity index (χ2n) is 6.43. The third kappa shape index (κ3) is 5.50. The number of hydrogen-bond donors (Lipinski definition) is 2. The van der Waals surface area contributed by atoms with Crippen molar-refractivity contribution in [2.45, 2.75) is 12.5 Å². The topological polar surface area (TPSA) is 69.6 Å². The number of rotatable bonds is 7. The van der Waals surface area contributed by atoms with Gasteiger partial charge in [-0.3, -0.25) is 14.5 Å². The summed E-state index contributed by atoms with van der Waals surface area (Å²) in [5.74, 6) is -1.31. The summed E-state index contributed by atoms with van der Waals surface area (Å²) in [5, 5.41) is 12.3. The van der Waals surface area contributed by atoms with Gasteiger partial charge in [-0.05, 0) is 24.1 Å². The Bertz CT molecular complexity index is 950. The van der Waals surface area contributed by atoms with Crippen LogP contribution in [0.4, 0.5) is 4.39 Å². The lowest BCUT2D eigenvalue weighted by molar-refractivity contribution is -0.129. The first kappa shape index (κ1) is 21.2. The lowest BCUT2D eigenvalue weighted by Gasteiger charge is -2.19. The summed E-state index contributed by atoms with van der Waals surface area (Å²) in [6, 6.07) is 15.1. The molecule has 0 unspecified atom stereocenters. The van der Waals surface area contributed by atoms with Gasteiger partial charge in [-0.1, -0.05) is 72.5 Å². The average molecular weight is 431 g/mol. The van der Waals surface area contributed by atoms with Crippen LogP contribution in [0, 0.1) is 5.82 Å². The minimum absolute atomic E-state index is 0.230. The summed E-state index contributed by atoms with van der Waals surface area (Å²) in [5.41, 5.74) is 1.26. The molecule has 0 aliphatic carbocycles. The normalized spacial score (nSPS) is 16.3. The van der Waals surface area contributed by atoms with E-state index in [0.717, 1.165) is 17.3 Å². The Morgan fingerprint density at radius 1 is 1.21 bits per heavy atom. The van der Waals surface area contributed by atoms with Crippen molar-refractivity contribution in [2.24, 2.45) is 0 Å². The van der Waals surface area contributed by atoms with Gasteiger partial charge in [0, 0.05) is 5.56 Å². The molecule has 1 heterocycles. The second-order valence-corrected chi connectivity index (χ2v) is 8.10. The fraction of sp³-hybridized carbons (Fsp3) is 0.190. The largest absolute Gasteiger partial charge is 0.394 e. The zero-order valence-electron chi connectivity index (χ0n) is 15.4. The van der Waals surface area contributed by atoms with E-state index >= 15 is 0 Å². The molecule has 8 heteroatoms. The van der Waals surface area contributed by atoms with Gasteiger partial charge in [-0.2, -0.15) is 0 Å². The van der Waals surface area contributed by atoms with Gasteiger partial charge in [0.25, 0.3) is 5.91 Å². The molecule has 1 fully saturated rings. The van der Waals surface area contributed by atoms with Crippen LogP contribution in [0.15, 0.2) is 59.5 Å². The number of aliphatic hydroxyl groups excluding tert-OH is 1. The molecule has 2 amide bonds. The predicted molar refractivity (Wildman–Crippen MR) is 115 cm³/mol. The van der Waals surface area contributed by atoms with Crippen molar-refractivity contribution in [2.75, 3.05) is 13.2 Å². The third-order valence-corrected chi connectivity index (χ3v) is 5.66. The maximum absolute atomic E-state index is 13.8. The Hall–Kier alpha value is -2.55. The summed E-state index contributed by atoms with van der Waals surface area (Å²) >= 11 is 6.24. The number of halogens is 1. The van der Waals surface area contributed by atoms with Gasteiger partial charge in [0.05, 0.1) is 17.6 Å². The van der Waals surface area contributed by atoms with E-state index in [2.05, 4.69) is 5.32 Å². The standard InChI is InChI=1S/C21H19FN2O3S2/c22-17-9-5-4-8-15(17)11-18-20(27)24(21(28)29-18)12-19(26)23-16(13-25)10-14-6-2-1-3-7-14/h1-9,11,16,25H,10,12-13H2,(H,23,26)/b18-11+/t16-/m1/s1. The zero-order chi connectivity index (χ0) is 20.8. The minimum atomic E-state index is -0.475. The van der Waals surface area contributed by atoms with Crippen molar-refractivity contribution in [1.29, 1.82) is 0 Å². The van der Waals surface area contributed by atoms with Crippen molar-refractivity contribution in [1.82, 2.24) is 10.2 Å². The Labute approximate surface area is 177 Å². The van der Waals surface area contributed by atoms with Crippen LogP contribution in [0.5, 0.6) is 0 Å². The van der Waals surface area contributed by atoms with Crippen LogP contribution in [-0.2, 0) is 16.0 Å².